The van der Waals surface area contributed by atoms with Gasteiger partial charge in [0.25, 0.3) is 5.56 Å². The van der Waals surface area contributed by atoms with E-state index in [-0.39, 0.29) is 11.0 Å². The van der Waals surface area contributed by atoms with Crippen molar-refractivity contribution in [1.29, 1.82) is 0 Å². The number of aromatic nitrogens is 1. The molecule has 0 saturated carbocycles. The van der Waals surface area contributed by atoms with Crippen molar-refractivity contribution >= 4 is 21.4 Å². The van der Waals surface area contributed by atoms with Crippen LogP contribution in [0.25, 0.3) is 10.1 Å². The Morgan fingerprint density at radius 3 is 2.53 bits per heavy atom. The summed E-state index contributed by atoms with van der Waals surface area (Å²) in [7, 11) is 0. The quantitative estimate of drug-likeness (QED) is 0.682. The van der Waals surface area contributed by atoms with Gasteiger partial charge in [0.05, 0.1) is 5.39 Å². The molecule has 0 fully saturated rings. The maximum atomic E-state index is 11.7. The van der Waals surface area contributed by atoms with Gasteiger partial charge in [-0.15, -0.1) is 11.3 Å². The molecule has 1 aromatic carbocycles. The van der Waals surface area contributed by atoms with E-state index in [1.54, 1.807) is 11.3 Å². The molecular weight excluding hydrogens is 206 g/mol. The van der Waals surface area contributed by atoms with Crippen LogP contribution in [0.4, 0.5) is 0 Å². The second kappa shape index (κ2) is 3.42. The molecule has 0 radical (unpaired) electrons. The summed E-state index contributed by atoms with van der Waals surface area (Å²) < 4.78 is 1.02. The minimum atomic E-state index is -0.116. The van der Waals surface area contributed by atoms with Crippen molar-refractivity contribution in [3.63, 3.8) is 0 Å². The van der Waals surface area contributed by atoms with Crippen LogP contribution in [0.2, 0.25) is 0 Å². The molecule has 15 heavy (non-hydrogen) atoms. The summed E-state index contributed by atoms with van der Waals surface area (Å²) in [6.07, 6.45) is 0. The Kier molecular flexibility index (Phi) is 2.35. The highest BCUT2D eigenvalue weighted by Gasteiger charge is 2.18. The molecule has 0 atom stereocenters. The Balaban J connectivity index is 2.79. The zero-order valence-corrected chi connectivity index (χ0v) is 9.89. The van der Waals surface area contributed by atoms with Crippen LogP contribution in [0.5, 0.6) is 0 Å². The number of hydrogen-bond acceptors (Lipinski definition) is 3. The second-order valence-electron chi connectivity index (χ2n) is 4.57. The zero-order chi connectivity index (χ0) is 11.1. The van der Waals surface area contributed by atoms with E-state index < -0.39 is 0 Å². The highest BCUT2D eigenvalue weighted by atomic mass is 32.1. The predicted molar refractivity (Wildman–Crippen MR) is 64.6 cm³/mol. The summed E-state index contributed by atoms with van der Waals surface area (Å²) in [5, 5.41) is 1.61. The fraction of sp³-hybridized carbons (Fsp3) is 0.333. The van der Waals surface area contributed by atoms with Crippen LogP contribution in [0.1, 0.15) is 25.8 Å². The van der Waals surface area contributed by atoms with Crippen molar-refractivity contribution in [2.45, 2.75) is 26.2 Å². The topological polar surface area (TPSA) is 30.0 Å². The molecule has 0 saturated heterocycles. The highest BCUT2D eigenvalue weighted by Crippen LogP contribution is 2.26. The van der Waals surface area contributed by atoms with Gasteiger partial charge in [-0.25, -0.2) is 4.98 Å². The van der Waals surface area contributed by atoms with Gasteiger partial charge in [-0.2, -0.15) is 0 Å². The molecule has 1 aromatic heterocycles. The Labute approximate surface area is 92.6 Å². The first-order valence-electron chi connectivity index (χ1n) is 4.89. The molecule has 2 rings (SSSR count). The molecule has 0 aliphatic heterocycles. The lowest BCUT2D eigenvalue weighted by atomic mass is 9.98. The van der Waals surface area contributed by atoms with Crippen molar-refractivity contribution < 1.29 is 0 Å². The monoisotopic (exact) mass is 219 g/mol. The molecule has 0 amide bonds. The van der Waals surface area contributed by atoms with E-state index in [1.807, 2.05) is 24.3 Å². The molecule has 3 heteroatoms. The lowest BCUT2D eigenvalue weighted by molar-refractivity contribution is 0.582. The predicted octanol–water partition coefficient (Wildman–Crippen LogP) is 2.95. The third-order valence-corrected chi connectivity index (χ3v) is 3.64. The molecule has 0 spiro atoms. The van der Waals surface area contributed by atoms with Gasteiger partial charge in [0.15, 0.2) is 0 Å². The summed E-state index contributed by atoms with van der Waals surface area (Å²) in [6, 6.07) is 7.62. The van der Waals surface area contributed by atoms with Crippen LogP contribution < -0.4 is 5.56 Å². The minimum absolute atomic E-state index is 0.0616. The van der Waals surface area contributed by atoms with Crippen molar-refractivity contribution in [2.75, 3.05) is 0 Å². The van der Waals surface area contributed by atoms with Crippen LogP contribution in [0.3, 0.4) is 0 Å². The molecule has 0 unspecified atom stereocenters. The van der Waals surface area contributed by atoms with Crippen molar-refractivity contribution in [3.05, 3.63) is 39.6 Å². The molecule has 2 aromatic rings. The van der Waals surface area contributed by atoms with Crippen LogP contribution in [-0.4, -0.2) is 4.98 Å². The highest BCUT2D eigenvalue weighted by molar-refractivity contribution is 7.18. The molecule has 0 N–H and O–H groups in total. The van der Waals surface area contributed by atoms with Gasteiger partial charge < -0.3 is 0 Å². The van der Waals surface area contributed by atoms with Crippen molar-refractivity contribution in [1.82, 2.24) is 4.98 Å². The van der Waals surface area contributed by atoms with Gasteiger partial charge in [-0.05, 0) is 12.1 Å². The zero-order valence-electron chi connectivity index (χ0n) is 9.07. The van der Waals surface area contributed by atoms with Crippen molar-refractivity contribution in [2.24, 2.45) is 0 Å². The average Bonchev–Trinajstić information content (AvgIpc) is 2.16. The summed E-state index contributed by atoms with van der Waals surface area (Å²) in [5.74, 6) is 0. The summed E-state index contributed by atoms with van der Waals surface area (Å²) >= 11 is 1.60. The van der Waals surface area contributed by atoms with E-state index in [0.717, 1.165) is 15.1 Å². The second-order valence-corrected chi connectivity index (χ2v) is 5.60. The number of hydrogen-bond donors (Lipinski definition) is 0. The van der Waals surface area contributed by atoms with Gasteiger partial charge in [-0.3, -0.25) is 4.79 Å². The molecule has 0 aliphatic rings. The van der Waals surface area contributed by atoms with E-state index in [0.29, 0.717) is 0 Å². The maximum absolute atomic E-state index is 11.7. The van der Waals surface area contributed by atoms with E-state index in [4.69, 9.17) is 0 Å². The van der Waals surface area contributed by atoms with Gasteiger partial charge in [0.1, 0.15) is 5.01 Å². The molecule has 1 heterocycles. The Bertz CT molecular complexity index is 551. The smallest absolute Gasteiger partial charge is 0.267 e. The molecule has 0 bridgehead atoms. The Morgan fingerprint density at radius 1 is 1.20 bits per heavy atom. The molecule has 0 aliphatic carbocycles. The van der Waals surface area contributed by atoms with Gasteiger partial charge in [-0.1, -0.05) is 32.9 Å². The van der Waals surface area contributed by atoms with Crippen LogP contribution >= 0.6 is 11.3 Å². The van der Waals surface area contributed by atoms with E-state index >= 15 is 0 Å². The maximum Gasteiger partial charge on any atom is 0.279 e. The Morgan fingerprint density at radius 2 is 1.87 bits per heavy atom. The van der Waals surface area contributed by atoms with Crippen molar-refractivity contribution in [3.8, 4) is 0 Å². The number of fused-ring (bicyclic) bond motifs is 1. The lowest BCUT2D eigenvalue weighted by Gasteiger charge is -2.16. The number of nitrogens with zero attached hydrogens (tertiary/aromatic N) is 1. The summed E-state index contributed by atoms with van der Waals surface area (Å²) in [5.41, 5.74) is -0.178. The largest absolute Gasteiger partial charge is 0.279 e. The Hall–Kier alpha value is -1.22. The normalized spacial score (nSPS) is 11.9. The van der Waals surface area contributed by atoms with Gasteiger partial charge >= 0.3 is 0 Å². The lowest BCUT2D eigenvalue weighted by Crippen LogP contribution is -2.17. The van der Waals surface area contributed by atoms with Gasteiger partial charge in [0, 0.05) is 10.1 Å². The fourth-order valence-electron chi connectivity index (χ4n) is 1.33. The average molecular weight is 219 g/mol. The third-order valence-electron chi connectivity index (χ3n) is 2.17. The van der Waals surface area contributed by atoms with E-state index in [1.165, 1.54) is 0 Å². The SMILES string of the molecule is CC(C)(C)c1nc(=O)c2ccccc2s1. The molecule has 78 valence electrons. The standard InChI is InChI=1S/C12H13NOS/c1-12(2,3)11-13-10(14)8-6-4-5-7-9(8)15-11/h4-7H,1-3H3. The van der Waals surface area contributed by atoms with Crippen LogP contribution in [-0.2, 0) is 5.41 Å². The first kappa shape index (κ1) is 10.3. The first-order chi connectivity index (χ1) is 6.98. The minimum Gasteiger partial charge on any atom is -0.267 e. The number of rotatable bonds is 0. The van der Waals surface area contributed by atoms with E-state index in [2.05, 4.69) is 25.8 Å². The van der Waals surface area contributed by atoms with Crippen LogP contribution in [0.15, 0.2) is 29.1 Å². The fourth-order valence-corrected chi connectivity index (χ4v) is 2.39. The molecular formula is C12H13NOS. The van der Waals surface area contributed by atoms with Crippen LogP contribution in [0, 0.1) is 0 Å². The van der Waals surface area contributed by atoms with Gasteiger partial charge in [0.2, 0.25) is 0 Å². The third kappa shape index (κ3) is 1.92. The van der Waals surface area contributed by atoms with E-state index in [9.17, 15) is 4.79 Å². The first-order valence-corrected chi connectivity index (χ1v) is 5.70. The number of benzene rings is 1. The molecule has 2 nitrogen and oxygen atoms in total. The summed E-state index contributed by atoms with van der Waals surface area (Å²) in [6.45, 7) is 6.21. The summed E-state index contributed by atoms with van der Waals surface area (Å²) in [4.78, 5) is 15.9.